The summed E-state index contributed by atoms with van der Waals surface area (Å²) in [5.41, 5.74) is 3.00. The molecule has 0 bridgehead atoms. The molecule has 0 unspecified atom stereocenters. The number of nitriles is 1. The van der Waals surface area contributed by atoms with Crippen molar-refractivity contribution < 1.29 is 9.59 Å². The van der Waals surface area contributed by atoms with E-state index in [-0.39, 0.29) is 11.5 Å². The number of nitrogens with zero attached hydrogens (tertiary/aromatic N) is 2. The summed E-state index contributed by atoms with van der Waals surface area (Å²) in [6, 6.07) is 23.2. The fraction of sp³-hybridized carbons (Fsp3) is 0.115. The van der Waals surface area contributed by atoms with Gasteiger partial charge in [0.15, 0.2) is 0 Å². The van der Waals surface area contributed by atoms with Gasteiger partial charge >= 0.3 is 0 Å². The summed E-state index contributed by atoms with van der Waals surface area (Å²) in [6.07, 6.45) is 0.473. The highest BCUT2D eigenvalue weighted by atomic mass is 35.5. The smallest absolute Gasteiger partial charge is 0.269 e. The third kappa shape index (κ3) is 5.13. The van der Waals surface area contributed by atoms with E-state index in [1.165, 1.54) is 16.7 Å². The SMILES string of the molecule is Cc1ccccc1C[C@H]1S/C(=C(/C#N)C(=O)Nc2ccc(Cl)cc2)N(c2ccc(Cl)cc2)C1=O. The summed E-state index contributed by atoms with van der Waals surface area (Å²) in [5.74, 6) is -0.798. The molecule has 170 valence electrons. The Bertz CT molecular complexity index is 1320. The van der Waals surface area contributed by atoms with Gasteiger partial charge in [-0.15, -0.1) is 0 Å². The average Bonchev–Trinajstić information content (AvgIpc) is 3.13. The van der Waals surface area contributed by atoms with Crippen LogP contribution in [0.2, 0.25) is 10.0 Å². The van der Waals surface area contributed by atoms with Crippen LogP contribution in [0.3, 0.4) is 0 Å². The van der Waals surface area contributed by atoms with E-state index in [1.54, 1.807) is 48.5 Å². The Kier molecular flexibility index (Phi) is 7.28. The molecule has 1 atom stereocenters. The lowest BCUT2D eigenvalue weighted by Crippen LogP contribution is -2.31. The highest BCUT2D eigenvalue weighted by Crippen LogP contribution is 2.42. The summed E-state index contributed by atoms with van der Waals surface area (Å²) < 4.78 is 0. The lowest BCUT2D eigenvalue weighted by molar-refractivity contribution is -0.117. The molecular formula is C26H19Cl2N3O2S. The number of rotatable bonds is 5. The van der Waals surface area contributed by atoms with Crippen LogP contribution in [-0.4, -0.2) is 17.1 Å². The number of halogens is 2. The van der Waals surface area contributed by atoms with Crippen LogP contribution >= 0.6 is 35.0 Å². The number of thioether (sulfide) groups is 1. The van der Waals surface area contributed by atoms with Crippen molar-refractivity contribution in [2.75, 3.05) is 10.2 Å². The lowest BCUT2D eigenvalue weighted by Gasteiger charge is -2.19. The van der Waals surface area contributed by atoms with Crippen LogP contribution in [0, 0.1) is 18.3 Å². The van der Waals surface area contributed by atoms with E-state index in [4.69, 9.17) is 23.2 Å². The molecule has 34 heavy (non-hydrogen) atoms. The first kappa shape index (κ1) is 23.9. The molecule has 3 aromatic carbocycles. The molecule has 0 aliphatic carbocycles. The molecule has 1 fully saturated rings. The van der Waals surface area contributed by atoms with E-state index in [2.05, 4.69) is 5.32 Å². The predicted molar refractivity (Wildman–Crippen MR) is 138 cm³/mol. The van der Waals surface area contributed by atoms with Crippen molar-refractivity contribution >= 4 is 58.2 Å². The fourth-order valence-electron chi connectivity index (χ4n) is 3.58. The maximum Gasteiger partial charge on any atom is 0.269 e. The molecule has 1 aliphatic rings. The molecule has 8 heteroatoms. The van der Waals surface area contributed by atoms with E-state index in [0.29, 0.717) is 32.9 Å². The van der Waals surface area contributed by atoms with Crippen LogP contribution in [0.1, 0.15) is 11.1 Å². The Labute approximate surface area is 212 Å². The molecule has 1 aliphatic heterocycles. The first-order valence-corrected chi connectivity index (χ1v) is 12.0. The Morgan fingerprint density at radius 1 is 1.03 bits per heavy atom. The van der Waals surface area contributed by atoms with E-state index >= 15 is 0 Å². The lowest BCUT2D eigenvalue weighted by atomic mass is 10.0. The Morgan fingerprint density at radius 3 is 2.26 bits per heavy atom. The zero-order chi connectivity index (χ0) is 24.2. The maximum atomic E-state index is 13.5. The van der Waals surface area contributed by atoms with Gasteiger partial charge in [-0.3, -0.25) is 14.5 Å². The van der Waals surface area contributed by atoms with Crippen molar-refractivity contribution in [2.24, 2.45) is 0 Å². The fourth-order valence-corrected chi connectivity index (χ4v) is 5.13. The van der Waals surface area contributed by atoms with Crippen molar-refractivity contribution in [2.45, 2.75) is 18.6 Å². The van der Waals surface area contributed by atoms with Crippen LogP contribution in [-0.2, 0) is 16.0 Å². The highest BCUT2D eigenvalue weighted by Gasteiger charge is 2.41. The Morgan fingerprint density at radius 2 is 1.65 bits per heavy atom. The van der Waals surface area contributed by atoms with Crippen molar-refractivity contribution in [3.8, 4) is 6.07 Å². The largest absolute Gasteiger partial charge is 0.321 e. The molecule has 1 saturated heterocycles. The molecule has 2 amide bonds. The summed E-state index contributed by atoms with van der Waals surface area (Å²) in [5, 5.41) is 13.5. The van der Waals surface area contributed by atoms with Crippen molar-refractivity contribution in [3.63, 3.8) is 0 Å². The molecule has 1 heterocycles. The molecular weight excluding hydrogens is 489 g/mol. The van der Waals surface area contributed by atoms with Crippen molar-refractivity contribution in [1.29, 1.82) is 5.26 Å². The number of carbonyl (C=O) groups excluding carboxylic acids is 2. The summed E-state index contributed by atoms with van der Waals surface area (Å²) in [6.45, 7) is 1.99. The van der Waals surface area contributed by atoms with Gasteiger partial charge in [-0.2, -0.15) is 5.26 Å². The second-order valence-corrected chi connectivity index (χ2v) is 9.70. The quantitative estimate of drug-likeness (QED) is 0.321. The first-order valence-electron chi connectivity index (χ1n) is 10.4. The summed E-state index contributed by atoms with van der Waals surface area (Å²) in [7, 11) is 0. The number of aryl methyl sites for hydroxylation is 1. The van der Waals surface area contributed by atoms with Crippen LogP contribution in [0.4, 0.5) is 11.4 Å². The standard InChI is InChI=1S/C26H19Cl2N3O2S/c1-16-4-2-3-5-17(16)14-23-25(33)31(21-12-8-19(28)9-13-21)26(34-23)22(15-29)24(32)30-20-10-6-18(27)7-11-20/h2-13,23H,14H2,1H3,(H,30,32)/b26-22-/t23-/m1/s1. The highest BCUT2D eigenvalue weighted by molar-refractivity contribution is 8.05. The van der Waals surface area contributed by atoms with Gasteiger partial charge in [-0.05, 0) is 73.0 Å². The number of amides is 2. The van der Waals surface area contributed by atoms with E-state index in [9.17, 15) is 14.9 Å². The second kappa shape index (κ2) is 10.4. The minimum Gasteiger partial charge on any atom is -0.321 e. The minimum absolute atomic E-state index is 0.143. The third-order valence-corrected chi connectivity index (χ3v) is 7.13. The molecule has 0 radical (unpaired) electrons. The number of carbonyl (C=O) groups is 2. The van der Waals surface area contributed by atoms with Gasteiger partial charge in [-0.25, -0.2) is 0 Å². The summed E-state index contributed by atoms with van der Waals surface area (Å²) >= 11 is 13.2. The maximum absolute atomic E-state index is 13.5. The number of hydrogen-bond donors (Lipinski definition) is 1. The normalized spacial score (nSPS) is 16.8. The molecule has 4 rings (SSSR count). The number of hydrogen-bond acceptors (Lipinski definition) is 4. The molecule has 3 aromatic rings. The molecule has 5 nitrogen and oxygen atoms in total. The van der Waals surface area contributed by atoms with Gasteiger partial charge in [-0.1, -0.05) is 59.2 Å². The topological polar surface area (TPSA) is 73.2 Å². The average molecular weight is 508 g/mol. The first-order chi connectivity index (χ1) is 16.4. The number of anilines is 2. The molecule has 0 aromatic heterocycles. The van der Waals surface area contributed by atoms with Crippen LogP contribution in [0.5, 0.6) is 0 Å². The minimum atomic E-state index is -0.601. The van der Waals surface area contributed by atoms with Crippen LogP contribution < -0.4 is 10.2 Å². The van der Waals surface area contributed by atoms with E-state index in [0.717, 1.165) is 11.1 Å². The Hall–Kier alpha value is -3.24. The zero-order valence-electron chi connectivity index (χ0n) is 18.1. The van der Waals surface area contributed by atoms with Gasteiger partial charge < -0.3 is 5.32 Å². The van der Waals surface area contributed by atoms with Crippen LogP contribution in [0.25, 0.3) is 0 Å². The van der Waals surface area contributed by atoms with Gasteiger partial charge in [0.1, 0.15) is 16.7 Å². The summed E-state index contributed by atoms with van der Waals surface area (Å²) in [4.78, 5) is 28.0. The third-order valence-electron chi connectivity index (χ3n) is 5.36. The van der Waals surface area contributed by atoms with Crippen molar-refractivity contribution in [1.82, 2.24) is 0 Å². The van der Waals surface area contributed by atoms with Gasteiger partial charge in [0, 0.05) is 21.4 Å². The van der Waals surface area contributed by atoms with Gasteiger partial charge in [0.05, 0.1) is 5.25 Å². The molecule has 0 saturated carbocycles. The monoisotopic (exact) mass is 507 g/mol. The van der Waals surface area contributed by atoms with E-state index < -0.39 is 11.2 Å². The van der Waals surface area contributed by atoms with Crippen molar-refractivity contribution in [3.05, 3.63) is 105 Å². The molecule has 1 N–H and O–H groups in total. The zero-order valence-corrected chi connectivity index (χ0v) is 20.4. The van der Waals surface area contributed by atoms with Crippen LogP contribution in [0.15, 0.2) is 83.4 Å². The molecule has 0 spiro atoms. The second-order valence-electron chi connectivity index (χ2n) is 7.64. The van der Waals surface area contributed by atoms with Gasteiger partial charge in [0.2, 0.25) is 5.91 Å². The number of benzene rings is 3. The Balaban J connectivity index is 1.73. The van der Waals surface area contributed by atoms with E-state index in [1.807, 2.05) is 37.3 Å². The predicted octanol–water partition coefficient (Wildman–Crippen LogP) is 6.37. The van der Waals surface area contributed by atoms with Gasteiger partial charge in [0.25, 0.3) is 5.91 Å². The number of nitrogens with one attached hydrogen (secondary N) is 1.